The van der Waals surface area contributed by atoms with Crippen LogP contribution in [0.3, 0.4) is 0 Å². The summed E-state index contributed by atoms with van der Waals surface area (Å²) in [7, 11) is 0. The van der Waals surface area contributed by atoms with Gasteiger partial charge in [0.1, 0.15) is 5.82 Å². The van der Waals surface area contributed by atoms with Gasteiger partial charge < -0.3 is 10.2 Å². The van der Waals surface area contributed by atoms with Gasteiger partial charge in [0.15, 0.2) is 0 Å². The second kappa shape index (κ2) is 7.04. The van der Waals surface area contributed by atoms with Crippen LogP contribution in [-0.2, 0) is 0 Å². The van der Waals surface area contributed by atoms with Crippen molar-refractivity contribution in [1.82, 2.24) is 9.80 Å². The number of hydrogen-bond donors (Lipinski definition) is 1. The Hall–Kier alpha value is -2.13. The molecule has 21 heavy (non-hydrogen) atoms. The van der Waals surface area contributed by atoms with E-state index in [1.165, 1.54) is 12.1 Å². The third-order valence-corrected chi connectivity index (χ3v) is 3.65. The summed E-state index contributed by atoms with van der Waals surface area (Å²) in [5.74, 6) is -0.377. The summed E-state index contributed by atoms with van der Waals surface area (Å²) in [6.07, 6.45) is 0.784. The van der Waals surface area contributed by atoms with E-state index in [1.54, 1.807) is 17.0 Å². The zero-order chi connectivity index (χ0) is 15.2. The van der Waals surface area contributed by atoms with Gasteiger partial charge >= 0.3 is 6.03 Å². The van der Waals surface area contributed by atoms with Crippen molar-refractivity contribution in [3.05, 3.63) is 30.1 Å². The molecule has 1 aliphatic heterocycles. The van der Waals surface area contributed by atoms with Gasteiger partial charge in [-0.25, -0.2) is 9.18 Å². The molecule has 0 saturated carbocycles. The average Bonchev–Trinajstić information content (AvgIpc) is 2.49. The third-order valence-electron chi connectivity index (χ3n) is 3.65. The molecule has 0 spiro atoms. The van der Waals surface area contributed by atoms with E-state index in [4.69, 9.17) is 5.26 Å². The van der Waals surface area contributed by atoms with Gasteiger partial charge in [0, 0.05) is 31.9 Å². The number of nitriles is 1. The maximum Gasteiger partial charge on any atom is 0.321 e. The van der Waals surface area contributed by atoms with Crippen LogP contribution >= 0.6 is 0 Å². The number of carbonyl (C=O) groups excluding carboxylic acids is 1. The van der Waals surface area contributed by atoms with Crippen molar-refractivity contribution in [3.8, 4) is 6.07 Å². The van der Waals surface area contributed by atoms with Crippen LogP contribution in [0, 0.1) is 17.1 Å². The van der Waals surface area contributed by atoms with Crippen molar-refractivity contribution in [2.75, 3.05) is 31.5 Å². The summed E-state index contributed by atoms with van der Waals surface area (Å²) >= 11 is 0. The molecule has 0 radical (unpaired) electrons. The zero-order valence-corrected chi connectivity index (χ0v) is 12.1. The van der Waals surface area contributed by atoms with E-state index in [2.05, 4.69) is 16.3 Å². The number of benzene rings is 1. The second-order valence-corrected chi connectivity index (χ2v) is 5.02. The molecule has 0 bridgehead atoms. The van der Waals surface area contributed by atoms with E-state index in [9.17, 15) is 9.18 Å². The lowest BCUT2D eigenvalue weighted by Gasteiger charge is -2.36. The molecular weight excluding hydrogens is 271 g/mol. The number of piperazine rings is 1. The molecule has 1 heterocycles. The fourth-order valence-corrected chi connectivity index (χ4v) is 2.44. The Kier molecular flexibility index (Phi) is 5.12. The number of amides is 2. The molecule has 1 N–H and O–H groups in total. The molecule has 1 unspecified atom stereocenters. The Morgan fingerprint density at radius 3 is 2.71 bits per heavy atom. The number of nitrogens with one attached hydrogen (secondary N) is 1. The van der Waals surface area contributed by atoms with E-state index < -0.39 is 0 Å². The largest absolute Gasteiger partial charge is 0.322 e. The highest BCUT2D eigenvalue weighted by molar-refractivity contribution is 5.89. The van der Waals surface area contributed by atoms with Gasteiger partial charge in [-0.2, -0.15) is 5.26 Å². The first kappa shape index (κ1) is 15.3. The predicted octanol–water partition coefficient (Wildman–Crippen LogP) is 2.28. The van der Waals surface area contributed by atoms with E-state index in [0.717, 1.165) is 6.42 Å². The van der Waals surface area contributed by atoms with Gasteiger partial charge in [0.2, 0.25) is 0 Å². The second-order valence-electron chi connectivity index (χ2n) is 5.02. The van der Waals surface area contributed by atoms with Crippen LogP contribution in [0.1, 0.15) is 13.3 Å². The Balaban J connectivity index is 1.87. The van der Waals surface area contributed by atoms with Gasteiger partial charge in [0.25, 0.3) is 0 Å². The molecule has 0 aromatic heterocycles. The first-order valence-electron chi connectivity index (χ1n) is 7.09. The molecule has 6 heteroatoms. The third kappa shape index (κ3) is 3.92. The molecule has 1 atom stereocenters. The lowest BCUT2D eigenvalue weighted by Crippen LogP contribution is -2.52. The minimum atomic E-state index is -0.377. The molecule has 0 aliphatic carbocycles. The summed E-state index contributed by atoms with van der Waals surface area (Å²) in [5, 5.41) is 11.7. The van der Waals surface area contributed by atoms with E-state index >= 15 is 0 Å². The van der Waals surface area contributed by atoms with Gasteiger partial charge in [-0.15, -0.1) is 0 Å². The Morgan fingerprint density at radius 1 is 1.43 bits per heavy atom. The number of rotatable bonds is 3. The number of anilines is 1. The van der Waals surface area contributed by atoms with Crippen LogP contribution < -0.4 is 5.32 Å². The van der Waals surface area contributed by atoms with Crippen LogP contribution in [0.2, 0.25) is 0 Å². The Bertz CT molecular complexity index is 535. The van der Waals surface area contributed by atoms with Crippen molar-refractivity contribution in [1.29, 1.82) is 5.26 Å². The number of carbonyl (C=O) groups is 1. The normalized spacial score (nSPS) is 17.1. The molecule has 5 nitrogen and oxygen atoms in total. The highest BCUT2D eigenvalue weighted by Gasteiger charge is 2.25. The summed E-state index contributed by atoms with van der Waals surface area (Å²) < 4.78 is 13.1. The molecule has 1 aromatic carbocycles. The number of urea groups is 1. The van der Waals surface area contributed by atoms with E-state index in [1.807, 2.05) is 6.92 Å². The Labute approximate surface area is 123 Å². The summed E-state index contributed by atoms with van der Waals surface area (Å²) in [6, 6.07) is 7.79. The van der Waals surface area contributed by atoms with Crippen LogP contribution in [0.4, 0.5) is 14.9 Å². The van der Waals surface area contributed by atoms with Crippen LogP contribution in [-0.4, -0.2) is 48.1 Å². The smallest absolute Gasteiger partial charge is 0.321 e. The van der Waals surface area contributed by atoms with Gasteiger partial charge in [-0.1, -0.05) is 13.0 Å². The lowest BCUT2D eigenvalue weighted by atomic mass is 10.2. The van der Waals surface area contributed by atoms with Gasteiger partial charge in [0.05, 0.1) is 12.1 Å². The first-order valence-corrected chi connectivity index (χ1v) is 7.09. The SMILES string of the molecule is CCC(C#N)N1CCN(C(=O)Nc2cccc(F)c2)CC1. The van der Waals surface area contributed by atoms with Crippen molar-refractivity contribution in [2.24, 2.45) is 0 Å². The van der Waals surface area contributed by atoms with Crippen LogP contribution in [0.15, 0.2) is 24.3 Å². The summed E-state index contributed by atoms with van der Waals surface area (Å²) in [4.78, 5) is 15.9. The average molecular weight is 290 g/mol. The summed E-state index contributed by atoms with van der Waals surface area (Å²) in [6.45, 7) is 4.49. The lowest BCUT2D eigenvalue weighted by molar-refractivity contribution is 0.129. The molecule has 1 aliphatic rings. The zero-order valence-electron chi connectivity index (χ0n) is 12.1. The molecule has 1 saturated heterocycles. The fraction of sp³-hybridized carbons (Fsp3) is 0.467. The Morgan fingerprint density at radius 2 is 2.14 bits per heavy atom. The first-order chi connectivity index (χ1) is 10.1. The van der Waals surface area contributed by atoms with Crippen molar-refractivity contribution in [3.63, 3.8) is 0 Å². The number of hydrogen-bond acceptors (Lipinski definition) is 3. The van der Waals surface area contributed by atoms with Crippen molar-refractivity contribution < 1.29 is 9.18 Å². The molecule has 1 fully saturated rings. The topological polar surface area (TPSA) is 59.4 Å². The number of halogens is 1. The maximum atomic E-state index is 13.1. The molecule has 1 aromatic rings. The maximum absolute atomic E-state index is 13.1. The van der Waals surface area contributed by atoms with E-state index in [0.29, 0.717) is 31.9 Å². The van der Waals surface area contributed by atoms with Gasteiger partial charge in [-0.05, 0) is 24.6 Å². The highest BCUT2D eigenvalue weighted by atomic mass is 19.1. The van der Waals surface area contributed by atoms with Crippen molar-refractivity contribution in [2.45, 2.75) is 19.4 Å². The highest BCUT2D eigenvalue weighted by Crippen LogP contribution is 2.12. The fourth-order valence-electron chi connectivity index (χ4n) is 2.44. The molecule has 2 rings (SSSR count). The predicted molar refractivity (Wildman–Crippen MR) is 78.3 cm³/mol. The van der Waals surface area contributed by atoms with Crippen molar-refractivity contribution >= 4 is 11.7 Å². The monoisotopic (exact) mass is 290 g/mol. The summed E-state index contributed by atoms with van der Waals surface area (Å²) in [5.41, 5.74) is 0.450. The minimum Gasteiger partial charge on any atom is -0.322 e. The van der Waals surface area contributed by atoms with Crippen LogP contribution in [0.25, 0.3) is 0 Å². The molecular formula is C15H19FN4O. The quantitative estimate of drug-likeness (QED) is 0.929. The number of nitrogens with zero attached hydrogens (tertiary/aromatic N) is 3. The van der Waals surface area contributed by atoms with Gasteiger partial charge in [-0.3, -0.25) is 4.90 Å². The van der Waals surface area contributed by atoms with Crippen LogP contribution in [0.5, 0.6) is 0 Å². The minimum absolute atomic E-state index is 0.0848. The molecule has 112 valence electrons. The molecule has 2 amide bonds. The van der Waals surface area contributed by atoms with E-state index in [-0.39, 0.29) is 17.9 Å². The standard InChI is InChI=1S/C15H19FN4O/c1-2-14(11-17)19-6-8-20(9-7-19)15(21)18-13-5-3-4-12(16)10-13/h3-5,10,14H,2,6-9H2,1H3,(H,18,21).